The third kappa shape index (κ3) is 2.65. The van der Waals surface area contributed by atoms with Crippen molar-refractivity contribution in [2.75, 3.05) is 12.8 Å². The predicted molar refractivity (Wildman–Crippen MR) is 54.1 cm³/mol. The molecule has 1 rings (SSSR count). The topological polar surface area (TPSA) is 65.2 Å². The molecule has 1 heterocycles. The van der Waals surface area contributed by atoms with Crippen LogP contribution in [0.25, 0.3) is 0 Å². The Labute approximate surface area is 91.4 Å². The number of esters is 1. The molecule has 1 aromatic heterocycles. The van der Waals surface area contributed by atoms with E-state index < -0.39 is 12.4 Å². The van der Waals surface area contributed by atoms with Crippen molar-refractivity contribution in [3.63, 3.8) is 0 Å². The molecule has 16 heavy (non-hydrogen) atoms. The number of hydrogen-bond donors (Lipinski definition) is 1. The maximum absolute atomic E-state index is 12.6. The number of nitrogens with two attached hydrogens (primary N) is 1. The number of methoxy groups -OCH3 is 1. The molecule has 0 fully saturated rings. The Morgan fingerprint density at radius 1 is 1.62 bits per heavy atom. The molecule has 0 aromatic carbocycles. The average Bonchev–Trinajstić information content (AvgIpc) is 2.22. The van der Waals surface area contributed by atoms with Gasteiger partial charge in [0.2, 0.25) is 0 Å². The molecule has 0 atom stereocenters. The molecule has 4 nitrogen and oxygen atoms in total. The highest BCUT2D eigenvalue weighted by Crippen LogP contribution is 2.26. The number of carbonyl (C=O) groups is 1. The minimum atomic E-state index is -2.64. The molecule has 0 radical (unpaired) electrons. The monoisotopic (exact) mass is 230 g/mol. The summed E-state index contributed by atoms with van der Waals surface area (Å²) in [5, 5.41) is 0. The van der Waals surface area contributed by atoms with E-state index in [4.69, 9.17) is 5.73 Å². The van der Waals surface area contributed by atoms with Gasteiger partial charge in [-0.3, -0.25) is 4.79 Å². The molecule has 1 aromatic rings. The van der Waals surface area contributed by atoms with Crippen LogP contribution >= 0.6 is 0 Å². The van der Waals surface area contributed by atoms with Gasteiger partial charge in [0.05, 0.1) is 19.2 Å². The lowest BCUT2D eigenvalue weighted by molar-refractivity contribution is -0.139. The van der Waals surface area contributed by atoms with Crippen LogP contribution in [0.5, 0.6) is 0 Å². The highest BCUT2D eigenvalue weighted by molar-refractivity contribution is 5.72. The van der Waals surface area contributed by atoms with Gasteiger partial charge in [-0.2, -0.15) is 0 Å². The van der Waals surface area contributed by atoms with Gasteiger partial charge in [0, 0.05) is 11.1 Å². The van der Waals surface area contributed by atoms with Gasteiger partial charge in [0.25, 0.3) is 6.43 Å². The summed E-state index contributed by atoms with van der Waals surface area (Å²) in [6.45, 7) is 1.46. The fraction of sp³-hybridized carbons (Fsp3) is 0.400. The van der Waals surface area contributed by atoms with Crippen molar-refractivity contribution in [3.05, 3.63) is 22.9 Å². The standard InChI is InChI=1S/C10H12F2N2O2/c1-5-7(9(11)12)3-6(14-10(5)13)4-8(15)16-2/h3,9H,4H2,1-2H3,(H2,13,14). The normalized spacial score (nSPS) is 10.6. The summed E-state index contributed by atoms with van der Waals surface area (Å²) in [7, 11) is 1.22. The van der Waals surface area contributed by atoms with E-state index in [1.165, 1.54) is 20.1 Å². The molecule has 0 saturated heterocycles. The lowest BCUT2D eigenvalue weighted by Crippen LogP contribution is -2.09. The molecule has 88 valence electrons. The van der Waals surface area contributed by atoms with Gasteiger partial charge in [-0.15, -0.1) is 0 Å². The van der Waals surface area contributed by atoms with Gasteiger partial charge in [-0.05, 0) is 13.0 Å². The van der Waals surface area contributed by atoms with Gasteiger partial charge in [0.1, 0.15) is 5.82 Å². The molecule has 6 heteroatoms. The second-order valence-electron chi connectivity index (χ2n) is 3.27. The number of ether oxygens (including phenoxy) is 1. The van der Waals surface area contributed by atoms with Gasteiger partial charge >= 0.3 is 5.97 Å². The van der Waals surface area contributed by atoms with Crippen LogP contribution in [0, 0.1) is 6.92 Å². The molecule has 0 spiro atoms. The molecule has 2 N–H and O–H groups in total. The quantitative estimate of drug-likeness (QED) is 0.801. The summed E-state index contributed by atoms with van der Waals surface area (Å²) < 4.78 is 29.6. The molecule has 0 saturated carbocycles. The van der Waals surface area contributed by atoms with Crippen LogP contribution in [-0.4, -0.2) is 18.1 Å². The Morgan fingerprint density at radius 3 is 2.75 bits per heavy atom. The van der Waals surface area contributed by atoms with Crippen LogP contribution in [0.1, 0.15) is 23.2 Å². The average molecular weight is 230 g/mol. The second-order valence-corrected chi connectivity index (χ2v) is 3.27. The van der Waals surface area contributed by atoms with Crippen molar-refractivity contribution in [3.8, 4) is 0 Å². The third-order valence-electron chi connectivity index (χ3n) is 2.19. The van der Waals surface area contributed by atoms with E-state index in [0.29, 0.717) is 0 Å². The summed E-state index contributed by atoms with van der Waals surface area (Å²) in [6, 6.07) is 1.17. The first-order valence-electron chi connectivity index (χ1n) is 4.56. The minimum Gasteiger partial charge on any atom is -0.469 e. The van der Waals surface area contributed by atoms with Crippen LogP contribution in [0.2, 0.25) is 0 Å². The van der Waals surface area contributed by atoms with Gasteiger partial charge < -0.3 is 10.5 Å². The predicted octanol–water partition coefficient (Wildman–Crippen LogP) is 1.63. The van der Waals surface area contributed by atoms with Crippen molar-refractivity contribution < 1.29 is 18.3 Å². The lowest BCUT2D eigenvalue weighted by atomic mass is 10.1. The number of hydrogen-bond acceptors (Lipinski definition) is 4. The van der Waals surface area contributed by atoms with E-state index in [1.54, 1.807) is 0 Å². The molecule has 0 aliphatic carbocycles. The Kier molecular flexibility index (Phi) is 3.76. The van der Waals surface area contributed by atoms with E-state index in [2.05, 4.69) is 9.72 Å². The maximum Gasteiger partial charge on any atom is 0.311 e. The Bertz CT molecular complexity index is 408. The van der Waals surface area contributed by atoms with Gasteiger partial charge in [-0.1, -0.05) is 0 Å². The Morgan fingerprint density at radius 2 is 2.25 bits per heavy atom. The number of nitrogen functional groups attached to an aromatic ring is 1. The highest BCUT2D eigenvalue weighted by atomic mass is 19.3. The zero-order chi connectivity index (χ0) is 12.3. The lowest BCUT2D eigenvalue weighted by Gasteiger charge is -2.09. The number of nitrogens with zero attached hydrogens (tertiary/aromatic N) is 1. The van der Waals surface area contributed by atoms with E-state index in [1.807, 2.05) is 0 Å². The van der Waals surface area contributed by atoms with Crippen LogP contribution in [0.3, 0.4) is 0 Å². The fourth-order valence-corrected chi connectivity index (χ4v) is 1.24. The van der Waals surface area contributed by atoms with Crippen LogP contribution < -0.4 is 5.73 Å². The molecule has 0 bridgehead atoms. The van der Waals surface area contributed by atoms with Crippen LogP contribution in [-0.2, 0) is 16.0 Å². The van der Waals surface area contributed by atoms with Crippen molar-refractivity contribution in [1.82, 2.24) is 4.98 Å². The van der Waals surface area contributed by atoms with Crippen molar-refractivity contribution in [1.29, 1.82) is 0 Å². The number of carbonyl (C=O) groups excluding carboxylic acids is 1. The van der Waals surface area contributed by atoms with Crippen molar-refractivity contribution >= 4 is 11.8 Å². The van der Waals surface area contributed by atoms with Gasteiger partial charge in [0.15, 0.2) is 0 Å². The largest absolute Gasteiger partial charge is 0.469 e. The summed E-state index contributed by atoms with van der Waals surface area (Å²) in [4.78, 5) is 14.8. The smallest absolute Gasteiger partial charge is 0.311 e. The molecule has 0 unspecified atom stereocenters. The van der Waals surface area contributed by atoms with E-state index in [9.17, 15) is 13.6 Å². The second kappa shape index (κ2) is 4.87. The zero-order valence-electron chi connectivity index (χ0n) is 8.96. The molecule has 0 aliphatic heterocycles. The maximum atomic E-state index is 12.6. The van der Waals surface area contributed by atoms with Crippen molar-refractivity contribution in [2.24, 2.45) is 0 Å². The fourth-order valence-electron chi connectivity index (χ4n) is 1.24. The molecular formula is C10H12F2N2O2. The summed E-state index contributed by atoms with van der Waals surface area (Å²) in [6.07, 6.45) is -2.80. The molecule has 0 amide bonds. The zero-order valence-corrected chi connectivity index (χ0v) is 8.96. The molecular weight excluding hydrogens is 218 g/mol. The number of anilines is 1. The number of rotatable bonds is 3. The summed E-state index contributed by atoms with van der Waals surface area (Å²) in [5.41, 5.74) is 5.70. The number of halogens is 2. The third-order valence-corrected chi connectivity index (χ3v) is 2.19. The van der Waals surface area contributed by atoms with Crippen LogP contribution in [0.15, 0.2) is 6.07 Å². The number of aromatic nitrogens is 1. The van der Waals surface area contributed by atoms with E-state index in [0.717, 1.165) is 0 Å². The Hall–Kier alpha value is -1.72. The number of pyridine rings is 1. The molecule has 0 aliphatic rings. The minimum absolute atomic E-state index is 0.0108. The first-order valence-corrected chi connectivity index (χ1v) is 4.56. The van der Waals surface area contributed by atoms with E-state index >= 15 is 0 Å². The number of alkyl halides is 2. The highest BCUT2D eigenvalue weighted by Gasteiger charge is 2.16. The summed E-state index contributed by atoms with van der Waals surface area (Å²) >= 11 is 0. The first kappa shape index (κ1) is 12.4. The Balaban J connectivity index is 3.09. The van der Waals surface area contributed by atoms with Crippen LogP contribution in [0.4, 0.5) is 14.6 Å². The first-order chi connectivity index (χ1) is 7.45. The summed E-state index contributed by atoms with van der Waals surface area (Å²) in [5.74, 6) is -0.535. The van der Waals surface area contributed by atoms with Crippen molar-refractivity contribution in [2.45, 2.75) is 19.8 Å². The van der Waals surface area contributed by atoms with Gasteiger partial charge in [-0.25, -0.2) is 13.8 Å². The SMILES string of the molecule is COC(=O)Cc1cc(C(F)F)c(C)c(N)n1. The van der Waals surface area contributed by atoms with E-state index in [-0.39, 0.29) is 29.1 Å².